The van der Waals surface area contributed by atoms with Crippen molar-refractivity contribution < 1.29 is 19.7 Å². The highest BCUT2D eigenvalue weighted by atomic mass is 35.5. The largest absolute Gasteiger partial charge is 0.506 e. The third-order valence-corrected chi connectivity index (χ3v) is 5.38. The van der Waals surface area contributed by atoms with Crippen molar-refractivity contribution in [3.8, 4) is 17.2 Å². The molecule has 7 nitrogen and oxygen atoms in total. The minimum Gasteiger partial charge on any atom is -0.506 e. The Bertz CT molecular complexity index is 1400. The molecule has 4 aromatic carbocycles. The molecule has 0 atom stereocenters. The van der Waals surface area contributed by atoms with Gasteiger partial charge in [0.25, 0.3) is 5.91 Å². The molecule has 166 valence electrons. The summed E-state index contributed by atoms with van der Waals surface area (Å²) in [6.07, 6.45) is 0. The number of halogens is 1. The number of benzene rings is 4. The minimum atomic E-state index is -0.580. The molecule has 33 heavy (non-hydrogen) atoms. The highest BCUT2D eigenvalue weighted by Crippen LogP contribution is 2.40. The normalized spacial score (nSPS) is 11.1. The van der Waals surface area contributed by atoms with Gasteiger partial charge in [0.05, 0.1) is 23.4 Å². The van der Waals surface area contributed by atoms with Gasteiger partial charge >= 0.3 is 0 Å². The van der Waals surface area contributed by atoms with Gasteiger partial charge in [-0.15, -0.1) is 10.2 Å². The number of carbonyl (C=O) groups excluding carboxylic acids is 1. The third kappa shape index (κ3) is 4.58. The molecule has 0 aromatic heterocycles. The second kappa shape index (κ2) is 9.18. The molecule has 4 aromatic rings. The number of amides is 1. The fourth-order valence-electron chi connectivity index (χ4n) is 3.33. The van der Waals surface area contributed by atoms with Gasteiger partial charge in [0.2, 0.25) is 0 Å². The highest BCUT2D eigenvalue weighted by molar-refractivity contribution is 6.34. The van der Waals surface area contributed by atoms with Gasteiger partial charge in [0, 0.05) is 11.5 Å². The van der Waals surface area contributed by atoms with Crippen LogP contribution in [0.25, 0.3) is 10.8 Å². The lowest BCUT2D eigenvalue weighted by atomic mass is 10.0. The summed E-state index contributed by atoms with van der Waals surface area (Å²) < 4.78 is 5.18. The van der Waals surface area contributed by atoms with Crippen LogP contribution in [0.15, 0.2) is 77.0 Å². The third-order valence-electron chi connectivity index (χ3n) is 5.05. The zero-order chi connectivity index (χ0) is 23.5. The van der Waals surface area contributed by atoms with E-state index in [-0.39, 0.29) is 28.4 Å². The molecule has 0 radical (unpaired) electrons. The summed E-state index contributed by atoms with van der Waals surface area (Å²) in [4.78, 5) is 13.1. The molecule has 0 aliphatic rings. The number of hydrogen-bond acceptors (Lipinski definition) is 6. The Balaban J connectivity index is 1.79. The van der Waals surface area contributed by atoms with E-state index in [1.54, 1.807) is 54.6 Å². The molecule has 0 heterocycles. The van der Waals surface area contributed by atoms with Crippen LogP contribution in [0.3, 0.4) is 0 Å². The molecule has 4 rings (SSSR count). The minimum absolute atomic E-state index is 0.00463. The number of nitrogens with one attached hydrogen (secondary N) is 1. The fraction of sp³-hybridized carbons (Fsp3) is 0.0800. The van der Waals surface area contributed by atoms with Crippen LogP contribution in [0.1, 0.15) is 15.9 Å². The molecule has 0 spiro atoms. The van der Waals surface area contributed by atoms with E-state index in [1.807, 2.05) is 13.0 Å². The number of aryl methyl sites for hydroxylation is 1. The molecule has 8 heteroatoms. The second-order valence-electron chi connectivity index (χ2n) is 7.33. The molecule has 0 aliphatic heterocycles. The summed E-state index contributed by atoms with van der Waals surface area (Å²) in [6.45, 7) is 1.86. The van der Waals surface area contributed by atoms with Crippen molar-refractivity contribution in [1.82, 2.24) is 0 Å². The second-order valence-corrected chi connectivity index (χ2v) is 7.74. The molecule has 0 aliphatic carbocycles. The number of phenolic OH excluding ortho intramolecular Hbond substituents is 2. The van der Waals surface area contributed by atoms with E-state index >= 15 is 0 Å². The maximum atomic E-state index is 13.1. The summed E-state index contributed by atoms with van der Waals surface area (Å²) in [5.41, 5.74) is 1.57. The monoisotopic (exact) mass is 461 g/mol. The molecular weight excluding hydrogens is 442 g/mol. The Hall–Kier alpha value is -4.10. The number of phenols is 2. The van der Waals surface area contributed by atoms with Crippen molar-refractivity contribution in [3.05, 3.63) is 82.9 Å². The number of carbonyl (C=O) groups is 1. The van der Waals surface area contributed by atoms with E-state index in [1.165, 1.54) is 13.2 Å². The predicted octanol–water partition coefficient (Wildman–Crippen LogP) is 6.89. The first-order valence-electron chi connectivity index (χ1n) is 9.98. The van der Waals surface area contributed by atoms with Crippen LogP contribution in [0.4, 0.5) is 17.1 Å². The average Bonchev–Trinajstić information content (AvgIpc) is 2.81. The van der Waals surface area contributed by atoms with Crippen LogP contribution in [0.5, 0.6) is 17.2 Å². The SMILES string of the molecule is COc1ccc(Cl)c(NC(=O)c2cc3ccccc3c(N=Nc3cc(C)ccc3O)c2O)c1. The van der Waals surface area contributed by atoms with E-state index in [0.29, 0.717) is 27.2 Å². The summed E-state index contributed by atoms with van der Waals surface area (Å²) in [6, 6.07) is 18.5. The quantitative estimate of drug-likeness (QED) is 0.281. The zero-order valence-electron chi connectivity index (χ0n) is 17.8. The summed E-state index contributed by atoms with van der Waals surface area (Å²) in [5, 5.41) is 33.6. The van der Waals surface area contributed by atoms with Gasteiger partial charge < -0.3 is 20.3 Å². The van der Waals surface area contributed by atoms with E-state index in [2.05, 4.69) is 15.5 Å². The van der Waals surface area contributed by atoms with Gasteiger partial charge in [-0.1, -0.05) is 41.9 Å². The van der Waals surface area contributed by atoms with E-state index in [4.69, 9.17) is 16.3 Å². The maximum absolute atomic E-state index is 13.1. The van der Waals surface area contributed by atoms with Crippen molar-refractivity contribution >= 4 is 45.3 Å². The number of aromatic hydroxyl groups is 2. The van der Waals surface area contributed by atoms with Crippen molar-refractivity contribution in [2.24, 2.45) is 10.2 Å². The van der Waals surface area contributed by atoms with Gasteiger partial charge in [-0.25, -0.2) is 0 Å². The van der Waals surface area contributed by atoms with Crippen molar-refractivity contribution in [2.75, 3.05) is 12.4 Å². The molecule has 3 N–H and O–H groups in total. The number of nitrogens with zero attached hydrogens (tertiary/aromatic N) is 2. The molecular formula is C25H20ClN3O4. The van der Waals surface area contributed by atoms with Crippen LogP contribution < -0.4 is 10.1 Å². The van der Waals surface area contributed by atoms with Crippen molar-refractivity contribution in [2.45, 2.75) is 6.92 Å². The van der Waals surface area contributed by atoms with E-state index in [9.17, 15) is 15.0 Å². The lowest BCUT2D eigenvalue weighted by molar-refractivity contribution is 0.102. The smallest absolute Gasteiger partial charge is 0.259 e. The Labute approximate surface area is 194 Å². The van der Waals surface area contributed by atoms with Crippen molar-refractivity contribution in [3.63, 3.8) is 0 Å². The molecule has 0 saturated carbocycles. The number of rotatable bonds is 5. The highest BCUT2D eigenvalue weighted by Gasteiger charge is 2.19. The topological polar surface area (TPSA) is 104 Å². The van der Waals surface area contributed by atoms with Crippen molar-refractivity contribution in [1.29, 1.82) is 0 Å². The first-order valence-corrected chi connectivity index (χ1v) is 10.4. The number of azo groups is 1. The van der Waals surface area contributed by atoms with E-state index < -0.39 is 5.91 Å². The first-order chi connectivity index (χ1) is 15.9. The predicted molar refractivity (Wildman–Crippen MR) is 129 cm³/mol. The van der Waals surface area contributed by atoms with Gasteiger partial charge in [0.15, 0.2) is 5.75 Å². The summed E-state index contributed by atoms with van der Waals surface area (Å²) >= 11 is 6.21. The Morgan fingerprint density at radius 2 is 1.79 bits per heavy atom. The van der Waals surface area contributed by atoms with Gasteiger partial charge in [-0.3, -0.25) is 4.79 Å². The average molecular weight is 462 g/mol. The lowest BCUT2D eigenvalue weighted by Crippen LogP contribution is -2.12. The number of anilines is 1. The van der Waals surface area contributed by atoms with Crippen LogP contribution in [0, 0.1) is 6.92 Å². The Kier molecular flexibility index (Phi) is 6.15. The van der Waals surface area contributed by atoms with Gasteiger partial charge in [-0.05, 0) is 48.2 Å². The Morgan fingerprint density at radius 3 is 2.58 bits per heavy atom. The van der Waals surface area contributed by atoms with E-state index in [0.717, 1.165) is 5.56 Å². The molecule has 0 saturated heterocycles. The molecule has 1 amide bonds. The fourth-order valence-corrected chi connectivity index (χ4v) is 3.49. The number of ether oxygens (including phenoxy) is 1. The standard InChI is InChI=1S/C25H20ClN3O4/c1-14-7-10-22(30)21(11-14)28-29-23-17-6-4-3-5-15(17)12-18(24(23)31)25(32)27-20-13-16(33-2)8-9-19(20)26/h3-13,30-31H,1-2H3,(H,27,32). The number of hydrogen-bond donors (Lipinski definition) is 3. The van der Waals surface area contributed by atoms with Gasteiger partial charge in [-0.2, -0.15) is 0 Å². The lowest BCUT2D eigenvalue weighted by Gasteiger charge is -2.12. The first kappa shape index (κ1) is 22.1. The van der Waals surface area contributed by atoms with Crippen LogP contribution in [-0.4, -0.2) is 23.2 Å². The Morgan fingerprint density at radius 1 is 1.00 bits per heavy atom. The summed E-state index contributed by atoms with van der Waals surface area (Å²) in [7, 11) is 1.51. The van der Waals surface area contributed by atoms with Gasteiger partial charge in [0.1, 0.15) is 22.9 Å². The van der Waals surface area contributed by atoms with Crippen LogP contribution >= 0.6 is 11.6 Å². The molecule has 0 bridgehead atoms. The number of methoxy groups -OCH3 is 1. The van der Waals surface area contributed by atoms with Crippen LogP contribution in [0.2, 0.25) is 5.02 Å². The molecule has 0 unspecified atom stereocenters. The van der Waals surface area contributed by atoms with Crippen LogP contribution in [-0.2, 0) is 0 Å². The molecule has 0 fully saturated rings. The summed E-state index contributed by atoms with van der Waals surface area (Å²) in [5.74, 6) is -0.455. The zero-order valence-corrected chi connectivity index (χ0v) is 18.6. The maximum Gasteiger partial charge on any atom is 0.259 e. The number of fused-ring (bicyclic) bond motifs is 1.